The standard InChI is InChI=1S/C9H5Br2N5O/c10-6-4-12-8(7(11)15-6)16-9(17)5-1-2-13-14-3-5/h1-4H,(H,12,16,17). The van der Waals surface area contributed by atoms with Crippen molar-refractivity contribution in [1.82, 2.24) is 20.2 Å². The quantitative estimate of drug-likeness (QED) is 0.888. The Morgan fingerprint density at radius 1 is 1.24 bits per heavy atom. The first-order valence-corrected chi connectivity index (χ1v) is 6.01. The molecule has 2 aromatic rings. The lowest BCUT2D eigenvalue weighted by atomic mass is 10.3. The van der Waals surface area contributed by atoms with Crippen LogP contribution in [0.1, 0.15) is 10.4 Å². The first kappa shape index (κ1) is 12.1. The number of amides is 1. The van der Waals surface area contributed by atoms with Crippen LogP contribution in [0.5, 0.6) is 0 Å². The van der Waals surface area contributed by atoms with Gasteiger partial charge in [0, 0.05) is 0 Å². The SMILES string of the molecule is O=C(Nc1ncc(Br)nc1Br)c1ccnnc1. The van der Waals surface area contributed by atoms with Crippen LogP contribution in [-0.2, 0) is 0 Å². The number of anilines is 1. The summed E-state index contributed by atoms with van der Waals surface area (Å²) < 4.78 is 1.02. The Balaban J connectivity index is 2.19. The molecule has 6 nitrogen and oxygen atoms in total. The van der Waals surface area contributed by atoms with Crippen LogP contribution in [0.15, 0.2) is 33.9 Å². The summed E-state index contributed by atoms with van der Waals surface area (Å²) in [7, 11) is 0. The highest BCUT2D eigenvalue weighted by molar-refractivity contribution is 9.11. The van der Waals surface area contributed by atoms with Gasteiger partial charge >= 0.3 is 0 Å². The van der Waals surface area contributed by atoms with Crippen molar-refractivity contribution in [3.8, 4) is 0 Å². The summed E-state index contributed by atoms with van der Waals surface area (Å²) in [5, 5.41) is 9.81. The molecular weight excluding hydrogens is 354 g/mol. The van der Waals surface area contributed by atoms with Gasteiger partial charge in [-0.25, -0.2) is 9.97 Å². The minimum Gasteiger partial charge on any atom is -0.304 e. The van der Waals surface area contributed by atoms with Crippen molar-refractivity contribution in [2.75, 3.05) is 5.32 Å². The number of carbonyl (C=O) groups is 1. The van der Waals surface area contributed by atoms with E-state index in [1.165, 1.54) is 18.6 Å². The van der Waals surface area contributed by atoms with E-state index in [2.05, 4.69) is 57.3 Å². The van der Waals surface area contributed by atoms with Crippen LogP contribution in [-0.4, -0.2) is 26.1 Å². The monoisotopic (exact) mass is 357 g/mol. The molecule has 0 aliphatic heterocycles. The Labute approximate surface area is 113 Å². The summed E-state index contributed by atoms with van der Waals surface area (Å²) in [5.41, 5.74) is 0.400. The van der Waals surface area contributed by atoms with E-state index < -0.39 is 0 Å². The molecule has 8 heteroatoms. The van der Waals surface area contributed by atoms with E-state index in [4.69, 9.17) is 0 Å². The Bertz CT molecular complexity index is 548. The highest BCUT2D eigenvalue weighted by Crippen LogP contribution is 2.19. The van der Waals surface area contributed by atoms with Crippen LogP contribution in [0.25, 0.3) is 0 Å². The average molecular weight is 359 g/mol. The molecule has 0 aromatic carbocycles. The first-order chi connectivity index (χ1) is 8.16. The van der Waals surface area contributed by atoms with Crippen molar-refractivity contribution in [2.45, 2.75) is 0 Å². The summed E-state index contributed by atoms with van der Waals surface area (Å²) in [6.45, 7) is 0. The van der Waals surface area contributed by atoms with Crippen molar-refractivity contribution in [3.05, 3.63) is 39.4 Å². The number of nitrogens with zero attached hydrogens (tertiary/aromatic N) is 4. The van der Waals surface area contributed by atoms with Crippen molar-refractivity contribution in [1.29, 1.82) is 0 Å². The average Bonchev–Trinajstić information content (AvgIpc) is 2.34. The fourth-order valence-corrected chi connectivity index (χ4v) is 1.95. The fraction of sp³-hybridized carbons (Fsp3) is 0. The molecular formula is C9H5Br2N5O. The summed E-state index contributed by atoms with van der Waals surface area (Å²) in [5.74, 6) is 0.0206. The molecule has 2 heterocycles. The second-order valence-corrected chi connectivity index (χ2v) is 4.48. The van der Waals surface area contributed by atoms with Crippen molar-refractivity contribution >= 4 is 43.6 Å². The van der Waals surface area contributed by atoms with E-state index in [1.807, 2.05) is 0 Å². The number of aromatic nitrogens is 4. The molecule has 2 aromatic heterocycles. The molecule has 0 spiro atoms. The predicted octanol–water partition coefficient (Wildman–Crippen LogP) is 2.04. The Hall–Kier alpha value is -1.41. The third-order valence-electron chi connectivity index (χ3n) is 1.78. The molecule has 0 radical (unpaired) electrons. The molecule has 2 rings (SSSR count). The molecule has 86 valence electrons. The zero-order valence-electron chi connectivity index (χ0n) is 8.26. The van der Waals surface area contributed by atoms with Crippen LogP contribution < -0.4 is 5.32 Å². The lowest BCUT2D eigenvalue weighted by Gasteiger charge is -2.05. The Morgan fingerprint density at radius 3 is 2.71 bits per heavy atom. The molecule has 0 aliphatic carbocycles. The molecule has 17 heavy (non-hydrogen) atoms. The Kier molecular flexibility index (Phi) is 3.75. The smallest absolute Gasteiger partial charge is 0.258 e. The number of rotatable bonds is 2. The molecule has 1 N–H and O–H groups in total. The van der Waals surface area contributed by atoms with Crippen LogP contribution in [0, 0.1) is 0 Å². The van der Waals surface area contributed by atoms with Gasteiger partial charge in [0.05, 0.1) is 24.2 Å². The minimum absolute atomic E-state index is 0.322. The topological polar surface area (TPSA) is 80.7 Å². The van der Waals surface area contributed by atoms with Gasteiger partial charge < -0.3 is 5.32 Å². The van der Waals surface area contributed by atoms with Crippen molar-refractivity contribution < 1.29 is 4.79 Å². The molecule has 1 amide bonds. The third-order valence-corrected chi connectivity index (χ3v) is 2.71. The maximum atomic E-state index is 11.8. The first-order valence-electron chi connectivity index (χ1n) is 4.43. The summed E-state index contributed by atoms with van der Waals surface area (Å²) >= 11 is 6.37. The number of halogens is 2. The van der Waals surface area contributed by atoms with Gasteiger partial charge in [-0.3, -0.25) is 4.79 Å². The molecule has 0 unspecified atom stereocenters. The van der Waals surface area contributed by atoms with Gasteiger partial charge in [-0.05, 0) is 37.9 Å². The van der Waals surface area contributed by atoms with E-state index in [0.29, 0.717) is 20.6 Å². The van der Waals surface area contributed by atoms with Gasteiger partial charge in [-0.1, -0.05) is 0 Å². The fourth-order valence-electron chi connectivity index (χ4n) is 1.04. The van der Waals surface area contributed by atoms with Gasteiger partial charge in [0.2, 0.25) is 0 Å². The number of hydrogen-bond donors (Lipinski definition) is 1. The maximum absolute atomic E-state index is 11.8. The van der Waals surface area contributed by atoms with Gasteiger partial charge in [0.15, 0.2) is 5.82 Å². The molecule has 0 saturated carbocycles. The van der Waals surface area contributed by atoms with E-state index in [-0.39, 0.29) is 5.91 Å². The third kappa shape index (κ3) is 3.04. The van der Waals surface area contributed by atoms with E-state index in [1.54, 1.807) is 6.07 Å². The molecule has 0 bridgehead atoms. The second kappa shape index (κ2) is 5.28. The normalized spacial score (nSPS) is 10.0. The summed E-state index contributed by atoms with van der Waals surface area (Å²) in [6.07, 6.45) is 4.30. The van der Waals surface area contributed by atoms with Crippen molar-refractivity contribution in [3.63, 3.8) is 0 Å². The minimum atomic E-state index is -0.322. The largest absolute Gasteiger partial charge is 0.304 e. The van der Waals surface area contributed by atoms with E-state index in [9.17, 15) is 4.79 Å². The van der Waals surface area contributed by atoms with Crippen molar-refractivity contribution in [2.24, 2.45) is 0 Å². The highest BCUT2D eigenvalue weighted by Gasteiger charge is 2.10. The van der Waals surface area contributed by atoms with Crippen LogP contribution in [0.3, 0.4) is 0 Å². The summed E-state index contributed by atoms with van der Waals surface area (Å²) in [4.78, 5) is 19.8. The number of hydrogen-bond acceptors (Lipinski definition) is 5. The van der Waals surface area contributed by atoms with Gasteiger partial charge in [-0.15, -0.1) is 0 Å². The van der Waals surface area contributed by atoms with E-state index in [0.717, 1.165) is 0 Å². The maximum Gasteiger partial charge on any atom is 0.258 e. The number of carbonyl (C=O) groups excluding carboxylic acids is 1. The van der Waals surface area contributed by atoms with Crippen LogP contribution in [0.2, 0.25) is 0 Å². The Morgan fingerprint density at radius 2 is 2.06 bits per heavy atom. The number of nitrogens with one attached hydrogen (secondary N) is 1. The highest BCUT2D eigenvalue weighted by atomic mass is 79.9. The lowest BCUT2D eigenvalue weighted by Crippen LogP contribution is -2.14. The zero-order chi connectivity index (χ0) is 12.3. The molecule has 0 atom stereocenters. The molecule has 0 aliphatic rings. The summed E-state index contributed by atoms with van der Waals surface area (Å²) in [6, 6.07) is 1.56. The van der Waals surface area contributed by atoms with E-state index >= 15 is 0 Å². The van der Waals surface area contributed by atoms with Gasteiger partial charge in [0.25, 0.3) is 5.91 Å². The second-order valence-electron chi connectivity index (χ2n) is 2.92. The zero-order valence-corrected chi connectivity index (χ0v) is 11.4. The van der Waals surface area contributed by atoms with Gasteiger partial charge in [0.1, 0.15) is 9.21 Å². The predicted molar refractivity (Wildman–Crippen MR) is 67.4 cm³/mol. The molecule has 0 saturated heterocycles. The lowest BCUT2D eigenvalue weighted by molar-refractivity contribution is 0.102. The van der Waals surface area contributed by atoms with Crippen LogP contribution >= 0.6 is 31.9 Å². The molecule has 0 fully saturated rings. The van der Waals surface area contributed by atoms with Crippen LogP contribution in [0.4, 0.5) is 5.82 Å². The van der Waals surface area contributed by atoms with Gasteiger partial charge in [-0.2, -0.15) is 10.2 Å².